The summed E-state index contributed by atoms with van der Waals surface area (Å²) in [7, 11) is 0. The number of aromatic nitrogens is 1. The minimum absolute atomic E-state index is 0.295. The van der Waals surface area contributed by atoms with Crippen LogP contribution in [0.5, 0.6) is 0 Å². The van der Waals surface area contributed by atoms with Gasteiger partial charge < -0.3 is 15.6 Å². The highest BCUT2D eigenvalue weighted by Crippen LogP contribution is 2.34. The minimum atomic E-state index is -4.54. The third kappa shape index (κ3) is 4.00. The summed E-state index contributed by atoms with van der Waals surface area (Å²) in [5.74, 6) is 0. The van der Waals surface area contributed by atoms with Crippen molar-refractivity contribution in [1.29, 1.82) is 0 Å². The molecule has 0 radical (unpaired) electrons. The molecule has 3 N–H and O–H groups in total. The van der Waals surface area contributed by atoms with E-state index in [0.29, 0.717) is 5.69 Å². The molecule has 3 rings (SSSR count). The first-order chi connectivity index (χ1) is 11.9. The highest BCUT2D eigenvalue weighted by molar-refractivity contribution is 6.00. The van der Waals surface area contributed by atoms with E-state index in [2.05, 4.69) is 15.6 Å². The average Bonchev–Trinajstić information content (AvgIpc) is 3.09. The van der Waals surface area contributed by atoms with Crippen LogP contribution < -0.4 is 10.6 Å². The normalized spacial score (nSPS) is 11.2. The number of hydrogen-bond donors (Lipinski definition) is 3. The summed E-state index contributed by atoms with van der Waals surface area (Å²) in [5, 5.41) is 4.75. The van der Waals surface area contributed by atoms with Gasteiger partial charge in [-0.3, -0.25) is 0 Å². The number of carbonyl (C=O) groups excluding carboxylic acids is 1. The predicted molar refractivity (Wildman–Crippen MR) is 90.3 cm³/mol. The van der Waals surface area contributed by atoms with Crippen LogP contribution in [-0.2, 0) is 6.18 Å². The van der Waals surface area contributed by atoms with Gasteiger partial charge in [-0.2, -0.15) is 13.2 Å². The van der Waals surface area contributed by atoms with E-state index >= 15 is 0 Å². The van der Waals surface area contributed by atoms with Gasteiger partial charge in [0.2, 0.25) is 0 Å². The minimum Gasteiger partial charge on any atom is -0.367 e. The summed E-state index contributed by atoms with van der Waals surface area (Å²) in [6, 6.07) is 13.0. The maximum absolute atomic E-state index is 12.9. The Morgan fingerprint density at radius 1 is 0.880 bits per heavy atom. The number of H-pyrrole nitrogens is 1. The molecule has 0 unspecified atom stereocenters. The largest absolute Gasteiger partial charge is 0.418 e. The molecule has 128 valence electrons. The Morgan fingerprint density at radius 3 is 2.24 bits per heavy atom. The Bertz CT molecular complexity index is 856. The quantitative estimate of drug-likeness (QED) is 0.589. The zero-order valence-electron chi connectivity index (χ0n) is 12.9. The third-order valence-electron chi connectivity index (χ3n) is 3.55. The first-order valence-electron chi connectivity index (χ1n) is 7.41. The highest BCUT2D eigenvalue weighted by Gasteiger charge is 2.33. The van der Waals surface area contributed by atoms with Crippen molar-refractivity contribution in [2.45, 2.75) is 6.18 Å². The number of carbonyl (C=O) groups is 1. The van der Waals surface area contributed by atoms with Crippen LogP contribution in [0, 0.1) is 0 Å². The first kappa shape index (κ1) is 16.6. The van der Waals surface area contributed by atoms with Crippen molar-refractivity contribution in [3.8, 4) is 11.1 Å². The second kappa shape index (κ2) is 6.72. The maximum atomic E-state index is 12.9. The number of para-hydroxylation sites is 1. The molecule has 0 saturated heterocycles. The summed E-state index contributed by atoms with van der Waals surface area (Å²) < 4.78 is 38.8. The molecule has 0 aliphatic rings. The maximum Gasteiger partial charge on any atom is 0.418 e. The molecule has 1 heterocycles. The van der Waals surface area contributed by atoms with Crippen LogP contribution in [0.15, 0.2) is 67.0 Å². The van der Waals surface area contributed by atoms with Gasteiger partial charge in [0.25, 0.3) is 0 Å². The average molecular weight is 345 g/mol. The van der Waals surface area contributed by atoms with Crippen LogP contribution in [-0.4, -0.2) is 11.0 Å². The Kier molecular flexibility index (Phi) is 4.47. The van der Waals surface area contributed by atoms with Gasteiger partial charge in [0.15, 0.2) is 0 Å². The molecule has 2 amide bonds. The Labute approximate surface area is 141 Å². The lowest BCUT2D eigenvalue weighted by Crippen LogP contribution is -2.21. The molecule has 0 aliphatic carbocycles. The fraction of sp³-hybridized carbons (Fsp3) is 0.0556. The van der Waals surface area contributed by atoms with E-state index in [1.165, 1.54) is 18.2 Å². The molecule has 0 spiro atoms. The summed E-state index contributed by atoms with van der Waals surface area (Å²) >= 11 is 0. The number of hydrogen-bond acceptors (Lipinski definition) is 1. The smallest absolute Gasteiger partial charge is 0.367 e. The third-order valence-corrected chi connectivity index (χ3v) is 3.55. The predicted octanol–water partition coefficient (Wildman–Crippen LogP) is 5.34. The van der Waals surface area contributed by atoms with Crippen molar-refractivity contribution in [3.05, 3.63) is 72.6 Å². The zero-order valence-corrected chi connectivity index (χ0v) is 12.9. The molecule has 1 aromatic heterocycles. The lowest BCUT2D eigenvalue weighted by atomic mass is 10.1. The Balaban J connectivity index is 1.69. The summed E-state index contributed by atoms with van der Waals surface area (Å²) in [6.07, 6.45) is -0.904. The molecule has 4 nitrogen and oxygen atoms in total. The summed E-state index contributed by atoms with van der Waals surface area (Å²) in [5.41, 5.74) is 1.23. The zero-order chi connectivity index (χ0) is 17.9. The van der Waals surface area contributed by atoms with Gasteiger partial charge in [-0.1, -0.05) is 24.3 Å². The lowest BCUT2D eigenvalue weighted by molar-refractivity contribution is -0.136. The fourth-order valence-electron chi connectivity index (χ4n) is 2.37. The second-order valence-corrected chi connectivity index (χ2v) is 5.30. The topological polar surface area (TPSA) is 56.9 Å². The number of alkyl halides is 3. The number of anilines is 2. The summed E-state index contributed by atoms with van der Waals surface area (Å²) in [4.78, 5) is 14.9. The van der Waals surface area contributed by atoms with Gasteiger partial charge in [-0.25, -0.2) is 4.79 Å². The van der Waals surface area contributed by atoms with Crippen LogP contribution >= 0.6 is 0 Å². The van der Waals surface area contributed by atoms with Gasteiger partial charge >= 0.3 is 12.2 Å². The van der Waals surface area contributed by atoms with Crippen molar-refractivity contribution < 1.29 is 18.0 Å². The van der Waals surface area contributed by atoms with Crippen LogP contribution in [0.1, 0.15) is 5.56 Å². The molecule has 7 heteroatoms. The molecule has 0 aliphatic heterocycles. The van der Waals surface area contributed by atoms with E-state index in [1.807, 2.05) is 24.4 Å². The summed E-state index contributed by atoms with van der Waals surface area (Å²) in [6.45, 7) is 0. The van der Waals surface area contributed by atoms with Crippen molar-refractivity contribution in [2.24, 2.45) is 0 Å². The molecule has 0 bridgehead atoms. The van der Waals surface area contributed by atoms with Gasteiger partial charge in [-0.15, -0.1) is 0 Å². The van der Waals surface area contributed by atoms with E-state index in [9.17, 15) is 18.0 Å². The molecule has 2 aromatic carbocycles. The van der Waals surface area contributed by atoms with Gasteiger partial charge in [0, 0.05) is 18.1 Å². The van der Waals surface area contributed by atoms with E-state index in [4.69, 9.17) is 0 Å². The number of benzene rings is 2. The molecule has 0 saturated carbocycles. The van der Waals surface area contributed by atoms with Crippen LogP contribution in [0.25, 0.3) is 11.1 Å². The molecule has 3 aromatic rings. The first-order valence-corrected chi connectivity index (χ1v) is 7.41. The van der Waals surface area contributed by atoms with Crippen LogP contribution in [0.4, 0.5) is 29.3 Å². The SMILES string of the molecule is O=C(Nc1ccc(-c2cc[nH]c2)cc1)Nc1ccccc1C(F)(F)F. The van der Waals surface area contributed by atoms with E-state index < -0.39 is 17.8 Å². The number of rotatable bonds is 3. The number of amides is 2. The van der Waals surface area contributed by atoms with Crippen LogP contribution in [0.2, 0.25) is 0 Å². The molecule has 25 heavy (non-hydrogen) atoms. The Morgan fingerprint density at radius 2 is 1.60 bits per heavy atom. The van der Waals surface area contributed by atoms with Crippen molar-refractivity contribution in [2.75, 3.05) is 10.6 Å². The van der Waals surface area contributed by atoms with Crippen molar-refractivity contribution in [3.63, 3.8) is 0 Å². The Hall–Kier alpha value is -3.22. The van der Waals surface area contributed by atoms with Crippen molar-refractivity contribution >= 4 is 17.4 Å². The number of aromatic amines is 1. The fourth-order valence-corrected chi connectivity index (χ4v) is 2.37. The molecular formula is C18H14F3N3O. The number of halogens is 3. The van der Waals surface area contributed by atoms with E-state index in [1.54, 1.807) is 18.3 Å². The van der Waals surface area contributed by atoms with E-state index in [0.717, 1.165) is 17.2 Å². The lowest BCUT2D eigenvalue weighted by Gasteiger charge is -2.14. The molecule has 0 atom stereocenters. The van der Waals surface area contributed by atoms with Crippen molar-refractivity contribution in [1.82, 2.24) is 4.98 Å². The van der Waals surface area contributed by atoms with Gasteiger partial charge in [0.1, 0.15) is 0 Å². The second-order valence-electron chi connectivity index (χ2n) is 5.30. The molecular weight excluding hydrogens is 331 g/mol. The van der Waals surface area contributed by atoms with Gasteiger partial charge in [-0.05, 0) is 41.5 Å². The number of nitrogens with one attached hydrogen (secondary N) is 3. The van der Waals surface area contributed by atoms with Gasteiger partial charge in [0.05, 0.1) is 11.3 Å². The number of urea groups is 1. The standard InChI is InChI=1S/C18H14F3N3O/c19-18(20,21)15-3-1-2-4-16(15)24-17(25)23-14-7-5-12(6-8-14)13-9-10-22-11-13/h1-11,22H,(H2,23,24,25). The van der Waals surface area contributed by atoms with E-state index in [-0.39, 0.29) is 5.69 Å². The molecule has 0 fully saturated rings. The highest BCUT2D eigenvalue weighted by atomic mass is 19.4. The van der Waals surface area contributed by atoms with Crippen LogP contribution in [0.3, 0.4) is 0 Å². The monoisotopic (exact) mass is 345 g/mol.